The monoisotopic (exact) mass is 306 g/mol. The highest BCUT2D eigenvalue weighted by Gasteiger charge is 2.39. The summed E-state index contributed by atoms with van der Waals surface area (Å²) in [5.74, 6) is -2.11. The summed E-state index contributed by atoms with van der Waals surface area (Å²) in [6, 6.07) is 4.35. The van der Waals surface area contributed by atoms with Crippen LogP contribution in [-0.4, -0.2) is 21.5 Å². The highest BCUT2D eigenvalue weighted by molar-refractivity contribution is 7.00. The van der Waals surface area contributed by atoms with E-state index in [1.54, 1.807) is 6.07 Å². The van der Waals surface area contributed by atoms with Crippen molar-refractivity contribution in [3.63, 3.8) is 0 Å². The molecule has 1 atom stereocenters. The van der Waals surface area contributed by atoms with Crippen molar-refractivity contribution in [3.05, 3.63) is 17.2 Å². The summed E-state index contributed by atoms with van der Waals surface area (Å²) in [5.41, 5.74) is 1.20. The molecule has 1 aromatic heterocycles. The van der Waals surface area contributed by atoms with Gasteiger partial charge in [-0.3, -0.25) is 0 Å². The Morgan fingerprint density at radius 3 is 2.79 bits per heavy atom. The van der Waals surface area contributed by atoms with Gasteiger partial charge >= 0.3 is 6.18 Å². The van der Waals surface area contributed by atoms with E-state index in [2.05, 4.69) is 14.1 Å². The first-order chi connectivity index (χ1) is 8.93. The number of benzene rings is 1. The van der Waals surface area contributed by atoms with Crippen LogP contribution in [0.4, 0.5) is 18.9 Å². The molecule has 0 fully saturated rings. The highest BCUT2D eigenvalue weighted by atomic mass is 35.5. The SMILES string of the molecule is N#CC(CNc1c(Cl)ccc2nsnc12)C(F)(F)F. The van der Waals surface area contributed by atoms with Crippen molar-refractivity contribution in [2.24, 2.45) is 5.92 Å². The third-order valence-corrected chi connectivity index (χ3v) is 3.27. The Morgan fingerprint density at radius 2 is 2.16 bits per heavy atom. The predicted octanol–water partition coefficient (Wildman–Crippen LogP) is 3.46. The molecule has 0 aliphatic carbocycles. The zero-order chi connectivity index (χ0) is 14.0. The molecule has 0 saturated carbocycles. The Labute approximate surface area is 115 Å². The van der Waals surface area contributed by atoms with Gasteiger partial charge in [-0.15, -0.1) is 0 Å². The lowest BCUT2D eigenvalue weighted by Gasteiger charge is -2.15. The van der Waals surface area contributed by atoms with Gasteiger partial charge in [0.05, 0.1) is 28.5 Å². The smallest absolute Gasteiger partial charge is 0.380 e. The van der Waals surface area contributed by atoms with Gasteiger partial charge in [0, 0.05) is 6.54 Å². The van der Waals surface area contributed by atoms with Gasteiger partial charge in [-0.05, 0) is 12.1 Å². The molecule has 2 rings (SSSR count). The number of rotatable bonds is 3. The maximum absolute atomic E-state index is 12.5. The van der Waals surface area contributed by atoms with Gasteiger partial charge in [0.1, 0.15) is 11.0 Å². The molecule has 2 aromatic rings. The molecular weight excluding hydrogens is 301 g/mol. The van der Waals surface area contributed by atoms with E-state index >= 15 is 0 Å². The molecular formula is C10H6ClF3N4S. The minimum Gasteiger partial charge on any atom is -0.380 e. The maximum Gasteiger partial charge on any atom is 0.406 e. The van der Waals surface area contributed by atoms with E-state index < -0.39 is 18.6 Å². The molecule has 4 nitrogen and oxygen atoms in total. The van der Waals surface area contributed by atoms with Crippen LogP contribution in [0.1, 0.15) is 0 Å². The van der Waals surface area contributed by atoms with E-state index in [0.717, 1.165) is 11.7 Å². The lowest BCUT2D eigenvalue weighted by Crippen LogP contribution is -2.28. The number of hydrogen-bond acceptors (Lipinski definition) is 5. The van der Waals surface area contributed by atoms with Crippen molar-refractivity contribution >= 4 is 40.0 Å². The standard InChI is InChI=1S/C10H6ClF3N4S/c11-6-1-2-7-9(18-19-17-7)8(6)16-4-5(3-15)10(12,13)14/h1-2,5,16H,4H2. The number of hydrogen-bond donors (Lipinski definition) is 1. The van der Waals surface area contributed by atoms with Gasteiger partial charge < -0.3 is 5.32 Å². The summed E-state index contributed by atoms with van der Waals surface area (Å²) in [6.45, 7) is -0.587. The first-order valence-corrected chi connectivity index (χ1v) is 6.15. The van der Waals surface area contributed by atoms with Crippen molar-refractivity contribution in [1.82, 2.24) is 8.75 Å². The van der Waals surface area contributed by atoms with Crippen LogP contribution in [0.25, 0.3) is 11.0 Å². The second kappa shape index (κ2) is 5.19. The largest absolute Gasteiger partial charge is 0.406 e. The second-order valence-corrected chi connectivity index (χ2v) is 4.59. The fraction of sp³-hybridized carbons (Fsp3) is 0.300. The summed E-state index contributed by atoms with van der Waals surface area (Å²) in [6.07, 6.45) is -4.58. The third kappa shape index (κ3) is 2.88. The van der Waals surface area contributed by atoms with E-state index in [4.69, 9.17) is 16.9 Å². The number of halogens is 4. The van der Waals surface area contributed by atoms with Gasteiger partial charge in [-0.1, -0.05) is 11.6 Å². The summed E-state index contributed by atoms with van der Waals surface area (Å²) >= 11 is 6.85. The van der Waals surface area contributed by atoms with E-state index in [9.17, 15) is 13.2 Å². The molecule has 0 amide bonds. The van der Waals surface area contributed by atoms with Crippen molar-refractivity contribution < 1.29 is 13.2 Å². The van der Waals surface area contributed by atoms with Gasteiger partial charge in [0.25, 0.3) is 0 Å². The fourth-order valence-electron chi connectivity index (χ4n) is 1.43. The van der Waals surface area contributed by atoms with Gasteiger partial charge in [0.2, 0.25) is 0 Å². The second-order valence-electron chi connectivity index (χ2n) is 3.66. The fourth-order valence-corrected chi connectivity index (χ4v) is 2.20. The van der Waals surface area contributed by atoms with Crippen molar-refractivity contribution in [1.29, 1.82) is 5.26 Å². The van der Waals surface area contributed by atoms with E-state index in [-0.39, 0.29) is 10.7 Å². The normalized spacial score (nSPS) is 13.2. The summed E-state index contributed by atoms with van der Waals surface area (Å²) in [5, 5.41) is 11.3. The summed E-state index contributed by atoms with van der Waals surface area (Å²) in [7, 11) is 0. The van der Waals surface area contributed by atoms with E-state index in [1.165, 1.54) is 12.1 Å². The minimum atomic E-state index is -4.58. The average molecular weight is 307 g/mol. The van der Waals surface area contributed by atoms with E-state index in [1.807, 2.05) is 0 Å². The molecule has 0 bridgehead atoms. The number of anilines is 1. The molecule has 100 valence electrons. The molecule has 1 heterocycles. The van der Waals surface area contributed by atoms with Crippen LogP contribution in [0.5, 0.6) is 0 Å². The van der Waals surface area contributed by atoms with Crippen molar-refractivity contribution in [3.8, 4) is 6.07 Å². The molecule has 1 unspecified atom stereocenters. The Balaban J connectivity index is 2.25. The Kier molecular flexibility index (Phi) is 3.78. The van der Waals surface area contributed by atoms with Crippen LogP contribution in [-0.2, 0) is 0 Å². The van der Waals surface area contributed by atoms with Crippen molar-refractivity contribution in [2.75, 3.05) is 11.9 Å². The Morgan fingerprint density at radius 1 is 1.42 bits per heavy atom. The quantitative estimate of drug-likeness (QED) is 0.943. The molecule has 0 saturated heterocycles. The maximum atomic E-state index is 12.5. The topological polar surface area (TPSA) is 61.6 Å². The number of alkyl halides is 3. The minimum absolute atomic E-state index is 0.235. The molecule has 0 spiro atoms. The molecule has 9 heteroatoms. The summed E-state index contributed by atoms with van der Waals surface area (Å²) in [4.78, 5) is 0. The number of fused-ring (bicyclic) bond motifs is 1. The lowest BCUT2D eigenvalue weighted by atomic mass is 10.1. The molecule has 19 heavy (non-hydrogen) atoms. The zero-order valence-corrected chi connectivity index (χ0v) is 10.8. The van der Waals surface area contributed by atoms with E-state index in [0.29, 0.717) is 11.0 Å². The van der Waals surface area contributed by atoms with Gasteiger partial charge in [-0.2, -0.15) is 27.2 Å². The van der Waals surface area contributed by atoms with Crippen LogP contribution in [0, 0.1) is 17.2 Å². The van der Waals surface area contributed by atoms with Gasteiger partial charge in [-0.25, -0.2) is 0 Å². The summed E-state index contributed by atoms with van der Waals surface area (Å²) < 4.78 is 45.3. The number of nitriles is 1. The molecule has 0 aliphatic rings. The number of aromatic nitrogens is 2. The number of nitrogens with one attached hydrogen (secondary N) is 1. The third-order valence-electron chi connectivity index (χ3n) is 2.41. The molecule has 0 aliphatic heterocycles. The lowest BCUT2D eigenvalue weighted by molar-refractivity contribution is -0.155. The van der Waals surface area contributed by atoms with Crippen LogP contribution >= 0.6 is 23.3 Å². The first-order valence-electron chi connectivity index (χ1n) is 5.04. The van der Waals surface area contributed by atoms with Crippen LogP contribution in [0.15, 0.2) is 12.1 Å². The molecule has 0 radical (unpaired) electrons. The van der Waals surface area contributed by atoms with Gasteiger partial charge in [0.15, 0.2) is 5.92 Å². The van der Waals surface area contributed by atoms with Crippen LogP contribution < -0.4 is 5.32 Å². The number of nitrogens with zero attached hydrogens (tertiary/aromatic N) is 3. The molecule has 1 aromatic carbocycles. The van der Waals surface area contributed by atoms with Crippen LogP contribution in [0.2, 0.25) is 5.02 Å². The average Bonchev–Trinajstić information content (AvgIpc) is 2.79. The first kappa shape index (κ1) is 13.8. The van der Waals surface area contributed by atoms with Crippen molar-refractivity contribution in [2.45, 2.75) is 6.18 Å². The molecule has 1 N–H and O–H groups in total. The zero-order valence-electron chi connectivity index (χ0n) is 9.20. The highest BCUT2D eigenvalue weighted by Crippen LogP contribution is 2.31. The Hall–Kier alpha value is -1.59. The Bertz CT molecular complexity index is 634. The predicted molar refractivity (Wildman–Crippen MR) is 66.1 cm³/mol. The van der Waals surface area contributed by atoms with Crippen LogP contribution in [0.3, 0.4) is 0 Å².